The molecule has 34 heavy (non-hydrogen) atoms. The predicted molar refractivity (Wildman–Crippen MR) is 120 cm³/mol. The van der Waals surface area contributed by atoms with Crippen molar-refractivity contribution in [3.05, 3.63) is 77.4 Å². The lowest BCUT2D eigenvalue weighted by molar-refractivity contribution is 0.164. The van der Waals surface area contributed by atoms with Crippen LogP contribution in [0.3, 0.4) is 0 Å². The normalized spacial score (nSPS) is 21.0. The van der Waals surface area contributed by atoms with Crippen molar-refractivity contribution in [2.24, 2.45) is 10.7 Å². The highest BCUT2D eigenvalue weighted by atomic mass is 19.1. The van der Waals surface area contributed by atoms with E-state index >= 15 is 4.39 Å². The van der Waals surface area contributed by atoms with E-state index in [-0.39, 0.29) is 18.4 Å². The quantitative estimate of drug-likeness (QED) is 0.571. The number of aromatic nitrogens is 2. The molecule has 2 aromatic heterocycles. The van der Waals surface area contributed by atoms with Crippen LogP contribution >= 0.6 is 0 Å². The number of hydrogen-bond donors (Lipinski definition) is 1. The van der Waals surface area contributed by atoms with Crippen LogP contribution in [0.25, 0.3) is 16.7 Å². The van der Waals surface area contributed by atoms with Gasteiger partial charge in [-0.25, -0.2) is 14.4 Å². The molecule has 7 nitrogen and oxygen atoms in total. The van der Waals surface area contributed by atoms with Gasteiger partial charge >= 0.3 is 0 Å². The largest absolute Gasteiger partial charge is 0.465 e. The highest BCUT2D eigenvalue weighted by Gasteiger charge is 2.46. The van der Waals surface area contributed by atoms with Gasteiger partial charge in [0.05, 0.1) is 31.7 Å². The Bertz CT molecular complexity index is 1370. The monoisotopic (exact) mass is 462 g/mol. The van der Waals surface area contributed by atoms with Gasteiger partial charge in [-0.2, -0.15) is 4.39 Å². The zero-order valence-corrected chi connectivity index (χ0v) is 18.1. The van der Waals surface area contributed by atoms with Gasteiger partial charge in [0, 0.05) is 29.3 Å². The maximum absolute atomic E-state index is 15.3. The second kappa shape index (κ2) is 7.88. The molecule has 0 saturated carbocycles. The molecule has 0 radical (unpaired) electrons. The van der Waals surface area contributed by atoms with Gasteiger partial charge in [0.1, 0.15) is 17.1 Å². The van der Waals surface area contributed by atoms with Crippen LogP contribution in [0.4, 0.5) is 8.78 Å². The van der Waals surface area contributed by atoms with E-state index in [9.17, 15) is 4.39 Å². The molecule has 172 valence electrons. The Morgan fingerprint density at radius 3 is 2.71 bits per heavy atom. The summed E-state index contributed by atoms with van der Waals surface area (Å²) in [6.45, 7) is 1.25. The summed E-state index contributed by atoms with van der Waals surface area (Å²) in [5.74, 6) is -0.747. The third kappa shape index (κ3) is 3.31. The minimum absolute atomic E-state index is 0.00172. The van der Waals surface area contributed by atoms with Crippen LogP contribution in [0.15, 0.2) is 53.8 Å². The zero-order chi connectivity index (χ0) is 23.3. The van der Waals surface area contributed by atoms with E-state index in [1.165, 1.54) is 6.07 Å². The molecule has 0 aliphatic carbocycles. The van der Waals surface area contributed by atoms with E-state index in [0.717, 1.165) is 23.8 Å². The van der Waals surface area contributed by atoms with E-state index in [0.29, 0.717) is 47.8 Å². The van der Waals surface area contributed by atoms with E-state index in [1.54, 1.807) is 24.4 Å². The summed E-state index contributed by atoms with van der Waals surface area (Å²) in [5, 5.41) is 0. The van der Waals surface area contributed by atoms with Crippen molar-refractivity contribution < 1.29 is 23.0 Å². The second-order valence-corrected chi connectivity index (χ2v) is 8.36. The molecule has 2 N–H and O–H groups in total. The van der Waals surface area contributed by atoms with Gasteiger partial charge in [0.2, 0.25) is 0 Å². The Labute approximate surface area is 193 Å². The highest BCUT2D eigenvalue weighted by molar-refractivity contribution is 5.77. The fourth-order valence-corrected chi connectivity index (χ4v) is 4.72. The SMILES string of the molecule is NC1=N[C@@]2(CCO1)c1cc(-c3cncc(F)c3)ccc1Oc1c2cc(C2=CCCOC2)nc1F. The first kappa shape index (κ1) is 20.7. The second-order valence-electron chi connectivity index (χ2n) is 8.36. The lowest BCUT2D eigenvalue weighted by Crippen LogP contribution is -2.39. The molecule has 0 saturated heterocycles. The van der Waals surface area contributed by atoms with Gasteiger partial charge in [-0.15, -0.1) is 0 Å². The van der Waals surface area contributed by atoms with E-state index < -0.39 is 17.3 Å². The maximum Gasteiger partial charge on any atom is 0.283 e. The van der Waals surface area contributed by atoms with Crippen molar-refractivity contribution in [1.82, 2.24) is 9.97 Å². The number of fused-ring (bicyclic) bond motifs is 4. The maximum atomic E-state index is 15.3. The summed E-state index contributed by atoms with van der Waals surface area (Å²) in [7, 11) is 0. The number of rotatable bonds is 2. The van der Waals surface area contributed by atoms with Crippen LogP contribution in [0.5, 0.6) is 11.5 Å². The molecule has 0 bridgehead atoms. The van der Waals surface area contributed by atoms with Crippen molar-refractivity contribution >= 4 is 11.6 Å². The molecule has 1 aromatic carbocycles. The number of nitrogens with two attached hydrogens (primary N) is 1. The van der Waals surface area contributed by atoms with Crippen molar-refractivity contribution in [2.45, 2.75) is 18.4 Å². The Morgan fingerprint density at radius 2 is 1.91 bits per heavy atom. The van der Waals surface area contributed by atoms with Gasteiger partial charge in [-0.3, -0.25) is 4.98 Å². The third-order valence-corrected chi connectivity index (χ3v) is 6.31. The van der Waals surface area contributed by atoms with Crippen LogP contribution < -0.4 is 10.5 Å². The molecule has 6 rings (SSSR count). The summed E-state index contributed by atoms with van der Waals surface area (Å²) in [6, 6.07) is 8.54. The van der Waals surface area contributed by atoms with Gasteiger partial charge in [0.15, 0.2) is 5.75 Å². The molecule has 9 heteroatoms. The fraction of sp³-hybridized carbons (Fsp3) is 0.240. The van der Waals surface area contributed by atoms with Gasteiger partial charge in [-0.1, -0.05) is 12.1 Å². The van der Waals surface area contributed by atoms with Gasteiger partial charge < -0.3 is 19.9 Å². The molecular formula is C25H20F2N4O3. The molecule has 0 fully saturated rings. The number of benzene rings is 1. The number of hydrogen-bond acceptors (Lipinski definition) is 7. The number of nitrogens with zero attached hydrogens (tertiary/aromatic N) is 3. The third-order valence-electron chi connectivity index (χ3n) is 6.31. The first-order valence-corrected chi connectivity index (χ1v) is 10.9. The number of aliphatic imine (C=N–C) groups is 1. The smallest absolute Gasteiger partial charge is 0.283 e. The fourth-order valence-electron chi connectivity index (χ4n) is 4.72. The molecular weight excluding hydrogens is 442 g/mol. The molecule has 1 atom stereocenters. The van der Waals surface area contributed by atoms with E-state index in [2.05, 4.69) is 9.97 Å². The highest BCUT2D eigenvalue weighted by Crippen LogP contribution is 2.53. The summed E-state index contributed by atoms with van der Waals surface area (Å²) >= 11 is 0. The number of pyridine rings is 2. The lowest BCUT2D eigenvalue weighted by Gasteiger charge is -2.39. The Balaban J connectivity index is 1.58. The van der Waals surface area contributed by atoms with Crippen molar-refractivity contribution in [3.63, 3.8) is 0 Å². The van der Waals surface area contributed by atoms with E-state index in [4.69, 9.17) is 24.9 Å². The minimum atomic E-state index is -1.06. The first-order valence-electron chi connectivity index (χ1n) is 10.9. The summed E-state index contributed by atoms with van der Waals surface area (Å²) in [6.07, 6.45) is 5.85. The van der Waals surface area contributed by atoms with Crippen molar-refractivity contribution in [1.29, 1.82) is 0 Å². The molecule has 0 amide bonds. The van der Waals surface area contributed by atoms with Crippen molar-refractivity contribution in [2.75, 3.05) is 19.8 Å². The molecule has 3 aliphatic rings. The van der Waals surface area contributed by atoms with Crippen LogP contribution in [0.2, 0.25) is 0 Å². The summed E-state index contributed by atoms with van der Waals surface area (Å²) < 4.78 is 46.2. The van der Waals surface area contributed by atoms with Crippen LogP contribution in [-0.4, -0.2) is 35.8 Å². The molecule has 3 aromatic rings. The van der Waals surface area contributed by atoms with Crippen LogP contribution in [0, 0.1) is 11.8 Å². The first-order chi connectivity index (χ1) is 16.5. The molecule has 1 spiro atoms. The topological polar surface area (TPSA) is 91.9 Å². The van der Waals surface area contributed by atoms with Gasteiger partial charge in [0.25, 0.3) is 12.0 Å². The molecule has 0 unspecified atom stereocenters. The number of halogens is 2. The van der Waals surface area contributed by atoms with Crippen LogP contribution in [-0.2, 0) is 15.0 Å². The average Bonchev–Trinajstić information content (AvgIpc) is 2.85. The Morgan fingerprint density at radius 1 is 1.00 bits per heavy atom. The number of ether oxygens (including phenoxy) is 3. The summed E-state index contributed by atoms with van der Waals surface area (Å²) in [4.78, 5) is 12.8. The molecule has 5 heterocycles. The van der Waals surface area contributed by atoms with E-state index in [1.807, 2.05) is 12.1 Å². The predicted octanol–water partition coefficient (Wildman–Crippen LogP) is 4.31. The van der Waals surface area contributed by atoms with Crippen molar-refractivity contribution in [3.8, 4) is 22.6 Å². The number of amidine groups is 1. The minimum Gasteiger partial charge on any atom is -0.465 e. The average molecular weight is 462 g/mol. The lowest BCUT2D eigenvalue weighted by atomic mass is 9.77. The Kier molecular flexibility index (Phi) is 4.80. The Hall–Kier alpha value is -3.85. The standard InChI is InChI=1S/C25H20F2N4O3/c26-17-8-16(11-29-12-17)14-3-4-21-18(9-14)25(5-7-33-24(28)31-25)19-10-20(15-2-1-6-32-13-15)30-23(27)22(19)34-21/h2-4,8-12H,1,5-7,13H2,(H2,28,31)/t25-/m0/s1. The zero-order valence-electron chi connectivity index (χ0n) is 18.1. The molecule has 3 aliphatic heterocycles. The van der Waals surface area contributed by atoms with Gasteiger partial charge in [-0.05, 0) is 41.8 Å². The summed E-state index contributed by atoms with van der Waals surface area (Å²) in [5.41, 5.74) is 8.74. The van der Waals surface area contributed by atoms with Crippen LogP contribution in [0.1, 0.15) is 29.7 Å².